The maximum atomic E-state index is 13.2. The van der Waals surface area contributed by atoms with E-state index in [4.69, 9.17) is 0 Å². The van der Waals surface area contributed by atoms with Gasteiger partial charge in [0.1, 0.15) is 5.69 Å². The Labute approximate surface area is 178 Å². The molecule has 0 bridgehead atoms. The molecule has 2 aromatic carbocycles. The number of hydrogen-bond donors (Lipinski definition) is 1. The fourth-order valence-corrected chi connectivity index (χ4v) is 3.26. The lowest BCUT2D eigenvalue weighted by atomic mass is 10.1. The van der Waals surface area contributed by atoms with Gasteiger partial charge in [0.25, 0.3) is 5.56 Å². The molecule has 0 aliphatic carbocycles. The quantitative estimate of drug-likeness (QED) is 0.451. The Morgan fingerprint density at radius 2 is 1.72 bits per heavy atom. The van der Waals surface area contributed by atoms with Crippen LogP contribution in [0.4, 0.5) is 24.8 Å². The summed E-state index contributed by atoms with van der Waals surface area (Å²) < 4.78 is 40.9. The van der Waals surface area contributed by atoms with E-state index in [0.717, 1.165) is 12.1 Å². The van der Waals surface area contributed by atoms with Crippen LogP contribution in [0.1, 0.15) is 5.56 Å². The van der Waals surface area contributed by atoms with Crippen LogP contribution < -0.4 is 10.9 Å². The van der Waals surface area contributed by atoms with Crippen LogP contribution in [-0.4, -0.2) is 24.6 Å². The highest BCUT2D eigenvalue weighted by atomic mass is 19.4. The number of nitrogens with zero attached hydrogens (tertiary/aromatic N) is 5. The fraction of sp³-hybridized carbons (Fsp3) is 0.0455. The van der Waals surface area contributed by atoms with E-state index in [2.05, 4.69) is 25.4 Å². The Kier molecular flexibility index (Phi) is 4.54. The molecule has 32 heavy (non-hydrogen) atoms. The van der Waals surface area contributed by atoms with Gasteiger partial charge in [-0.2, -0.15) is 17.7 Å². The zero-order valence-electron chi connectivity index (χ0n) is 16.2. The van der Waals surface area contributed by atoms with E-state index in [-0.39, 0.29) is 23.0 Å². The molecular weight excluding hydrogens is 421 g/mol. The molecule has 0 aliphatic heterocycles. The van der Waals surface area contributed by atoms with Crippen molar-refractivity contribution in [3.05, 3.63) is 88.8 Å². The Morgan fingerprint density at radius 3 is 2.56 bits per heavy atom. The molecule has 7 nitrogen and oxygen atoms in total. The van der Waals surface area contributed by atoms with Gasteiger partial charge < -0.3 is 5.32 Å². The van der Waals surface area contributed by atoms with Gasteiger partial charge in [0, 0.05) is 17.1 Å². The van der Waals surface area contributed by atoms with Crippen LogP contribution in [0, 0.1) is 0 Å². The Balaban J connectivity index is 1.73. The van der Waals surface area contributed by atoms with E-state index in [1.165, 1.54) is 22.8 Å². The summed E-state index contributed by atoms with van der Waals surface area (Å²) in [5.74, 6) is 0.269. The second kappa shape index (κ2) is 7.41. The first-order valence-corrected chi connectivity index (χ1v) is 9.46. The van der Waals surface area contributed by atoms with Gasteiger partial charge in [-0.25, -0.2) is 15.0 Å². The molecular formula is C22H13F3N6O. The Bertz CT molecular complexity index is 1530. The van der Waals surface area contributed by atoms with Crippen molar-refractivity contribution in [1.82, 2.24) is 24.6 Å². The molecule has 5 aromatic rings. The molecule has 0 aliphatic rings. The largest absolute Gasteiger partial charge is 0.416 e. The van der Waals surface area contributed by atoms with E-state index in [0.29, 0.717) is 16.6 Å². The van der Waals surface area contributed by atoms with Crippen LogP contribution in [0.15, 0.2) is 77.7 Å². The summed E-state index contributed by atoms with van der Waals surface area (Å²) in [4.78, 5) is 25.0. The van der Waals surface area contributed by atoms with Gasteiger partial charge in [-0.1, -0.05) is 30.3 Å². The molecule has 0 atom stereocenters. The molecule has 0 saturated carbocycles. The summed E-state index contributed by atoms with van der Waals surface area (Å²) in [6.45, 7) is 0. The summed E-state index contributed by atoms with van der Waals surface area (Å²) in [6, 6.07) is 16.7. The van der Waals surface area contributed by atoms with Crippen LogP contribution in [0.5, 0.6) is 0 Å². The van der Waals surface area contributed by atoms with Crippen molar-refractivity contribution in [3.8, 4) is 11.4 Å². The highest BCUT2D eigenvalue weighted by molar-refractivity contribution is 5.93. The summed E-state index contributed by atoms with van der Waals surface area (Å²) in [6.07, 6.45) is -3.12. The average molecular weight is 434 g/mol. The zero-order chi connectivity index (χ0) is 22.3. The molecule has 0 saturated heterocycles. The van der Waals surface area contributed by atoms with Crippen LogP contribution in [0.25, 0.3) is 27.9 Å². The van der Waals surface area contributed by atoms with Gasteiger partial charge in [0.2, 0.25) is 5.95 Å². The minimum absolute atomic E-state index is 0.0939. The maximum absolute atomic E-state index is 13.2. The zero-order valence-corrected chi connectivity index (χ0v) is 16.2. The molecule has 0 spiro atoms. The second-order valence-corrected chi connectivity index (χ2v) is 6.88. The minimum atomic E-state index is -4.49. The van der Waals surface area contributed by atoms with Crippen molar-refractivity contribution in [2.24, 2.45) is 0 Å². The number of hydrogen-bond acceptors (Lipinski definition) is 6. The molecule has 0 amide bonds. The normalized spacial score (nSPS) is 11.7. The third-order valence-electron chi connectivity index (χ3n) is 4.76. The molecule has 1 N–H and O–H groups in total. The SMILES string of the molecule is O=c1nccccc1Nc1nc2ccccc2c2nc(-c3cccc(C(F)(F)F)c3)nn12. The highest BCUT2D eigenvalue weighted by Gasteiger charge is 2.30. The molecule has 3 heterocycles. The van der Waals surface area contributed by atoms with Crippen molar-refractivity contribution < 1.29 is 13.2 Å². The molecule has 5 rings (SSSR count). The van der Waals surface area contributed by atoms with Crippen molar-refractivity contribution in [1.29, 1.82) is 0 Å². The highest BCUT2D eigenvalue weighted by Crippen LogP contribution is 2.32. The van der Waals surface area contributed by atoms with Crippen molar-refractivity contribution in [2.45, 2.75) is 6.18 Å². The molecule has 158 valence electrons. The van der Waals surface area contributed by atoms with Gasteiger partial charge >= 0.3 is 6.18 Å². The minimum Gasteiger partial charge on any atom is -0.319 e. The first-order valence-electron chi connectivity index (χ1n) is 9.46. The summed E-state index contributed by atoms with van der Waals surface area (Å²) in [7, 11) is 0. The third kappa shape index (κ3) is 3.51. The Hall–Kier alpha value is -4.34. The summed E-state index contributed by atoms with van der Waals surface area (Å²) in [5.41, 5.74) is 0.0221. The van der Waals surface area contributed by atoms with Gasteiger partial charge in [0.05, 0.1) is 11.1 Å². The maximum Gasteiger partial charge on any atom is 0.416 e. The van der Waals surface area contributed by atoms with Crippen LogP contribution in [-0.2, 0) is 6.18 Å². The van der Waals surface area contributed by atoms with Crippen molar-refractivity contribution in [3.63, 3.8) is 0 Å². The summed E-state index contributed by atoms with van der Waals surface area (Å²) in [5, 5.41) is 7.97. The lowest BCUT2D eigenvalue weighted by molar-refractivity contribution is -0.137. The van der Waals surface area contributed by atoms with E-state index < -0.39 is 17.3 Å². The number of rotatable bonds is 3. The first kappa shape index (κ1) is 19.6. The van der Waals surface area contributed by atoms with Gasteiger partial charge in [-0.3, -0.25) is 4.79 Å². The van der Waals surface area contributed by atoms with Crippen LogP contribution >= 0.6 is 0 Å². The number of benzene rings is 2. The van der Waals surface area contributed by atoms with Gasteiger partial charge in [-0.15, -0.1) is 5.10 Å². The molecule has 0 fully saturated rings. The first-order chi connectivity index (χ1) is 15.4. The predicted octanol–water partition coefficient (Wildman–Crippen LogP) is 4.46. The predicted molar refractivity (Wildman–Crippen MR) is 113 cm³/mol. The molecule has 0 radical (unpaired) electrons. The van der Waals surface area contributed by atoms with E-state index in [1.54, 1.807) is 42.5 Å². The Morgan fingerprint density at radius 1 is 0.906 bits per heavy atom. The van der Waals surface area contributed by atoms with E-state index >= 15 is 0 Å². The number of alkyl halides is 3. The number of para-hydroxylation sites is 1. The lowest BCUT2D eigenvalue weighted by Gasteiger charge is -2.07. The molecule has 10 heteroatoms. The number of fused-ring (bicyclic) bond motifs is 3. The number of nitrogens with one attached hydrogen (secondary N) is 1. The van der Waals surface area contributed by atoms with Gasteiger partial charge in [-0.05, 0) is 36.4 Å². The second-order valence-electron chi connectivity index (χ2n) is 6.88. The number of halogens is 3. The van der Waals surface area contributed by atoms with E-state index in [9.17, 15) is 18.0 Å². The van der Waals surface area contributed by atoms with Crippen molar-refractivity contribution in [2.75, 3.05) is 5.32 Å². The fourth-order valence-electron chi connectivity index (χ4n) is 3.26. The van der Waals surface area contributed by atoms with E-state index in [1.807, 2.05) is 0 Å². The van der Waals surface area contributed by atoms with Crippen molar-refractivity contribution >= 4 is 28.2 Å². The summed E-state index contributed by atoms with van der Waals surface area (Å²) >= 11 is 0. The standard InChI is InChI=1S/C22H13F3N6O/c23-22(24,25)14-7-5-6-13(12-14)18-29-19-15-8-1-2-9-16(15)27-21(31(19)30-18)28-17-10-3-4-11-26-20(17)32/h1-12H,(H,26,27,28,32). The topological polar surface area (TPSA) is 85.1 Å². The monoisotopic (exact) mass is 434 g/mol. The third-order valence-corrected chi connectivity index (χ3v) is 4.76. The molecule has 0 unspecified atom stereocenters. The molecule has 3 aromatic heterocycles. The lowest BCUT2D eigenvalue weighted by Crippen LogP contribution is -2.11. The number of anilines is 2. The van der Waals surface area contributed by atoms with Crippen LogP contribution in [0.3, 0.4) is 0 Å². The average Bonchev–Trinajstić information content (AvgIpc) is 3.14. The van der Waals surface area contributed by atoms with Gasteiger partial charge in [0.15, 0.2) is 11.5 Å². The number of aromatic nitrogens is 5. The smallest absolute Gasteiger partial charge is 0.319 e. The van der Waals surface area contributed by atoms with Crippen LogP contribution in [0.2, 0.25) is 0 Å².